The number of benzene rings is 1. The number of anilines is 1. The molecule has 2 saturated heterocycles. The first-order chi connectivity index (χ1) is 10.2. The van der Waals surface area contributed by atoms with Crippen LogP contribution in [0.3, 0.4) is 0 Å². The summed E-state index contributed by atoms with van der Waals surface area (Å²) in [5, 5.41) is 14.6. The van der Waals surface area contributed by atoms with E-state index in [1.807, 2.05) is 31.2 Å². The van der Waals surface area contributed by atoms with Gasteiger partial charge in [0, 0.05) is 5.69 Å². The van der Waals surface area contributed by atoms with Crippen molar-refractivity contribution in [1.82, 2.24) is 5.32 Å². The first kappa shape index (κ1) is 13.9. The number of fused-ring (bicyclic) bond motifs is 1. The summed E-state index contributed by atoms with van der Waals surface area (Å²) in [6.45, 7) is 2.70. The highest BCUT2D eigenvalue weighted by molar-refractivity contribution is 5.89. The van der Waals surface area contributed by atoms with Crippen molar-refractivity contribution in [3.05, 3.63) is 29.8 Å². The molecule has 0 aromatic heterocycles. The molecule has 2 heterocycles. The van der Waals surface area contributed by atoms with Crippen molar-refractivity contribution in [2.45, 2.75) is 25.2 Å². The van der Waals surface area contributed by atoms with Gasteiger partial charge in [-0.15, -0.1) is 0 Å². The molecule has 6 heteroatoms. The largest absolute Gasteiger partial charge is 0.372 e. The van der Waals surface area contributed by atoms with Gasteiger partial charge in [-0.3, -0.25) is 0 Å². The van der Waals surface area contributed by atoms with E-state index >= 15 is 0 Å². The lowest BCUT2D eigenvalue weighted by Gasteiger charge is -2.18. The number of carbonyl (C=O) groups excluding carboxylic acids is 1. The van der Waals surface area contributed by atoms with E-state index in [0.717, 1.165) is 11.3 Å². The van der Waals surface area contributed by atoms with Crippen molar-refractivity contribution >= 4 is 11.7 Å². The lowest BCUT2D eigenvalue weighted by molar-refractivity contribution is 0.0665. The highest BCUT2D eigenvalue weighted by Gasteiger charge is 2.48. The number of nitrogens with one attached hydrogen (secondary N) is 2. The summed E-state index contributed by atoms with van der Waals surface area (Å²) in [5.74, 6) is -0.248. The van der Waals surface area contributed by atoms with E-state index in [0.29, 0.717) is 13.2 Å². The third-order valence-corrected chi connectivity index (χ3v) is 3.81. The molecule has 110 valence electrons. The Hall–Kier alpha value is -2.10. The van der Waals surface area contributed by atoms with Gasteiger partial charge in [0.05, 0.1) is 31.2 Å². The van der Waals surface area contributed by atoms with Gasteiger partial charge < -0.3 is 20.1 Å². The third-order valence-electron chi connectivity index (χ3n) is 3.81. The fourth-order valence-corrected chi connectivity index (χ4v) is 2.79. The third kappa shape index (κ3) is 2.84. The van der Waals surface area contributed by atoms with Crippen LogP contribution in [0.1, 0.15) is 5.56 Å². The monoisotopic (exact) mass is 287 g/mol. The zero-order chi connectivity index (χ0) is 14.8. The minimum atomic E-state index is -0.293. The first-order valence-corrected chi connectivity index (χ1v) is 6.94. The van der Waals surface area contributed by atoms with Gasteiger partial charge in [0.2, 0.25) is 0 Å². The topological polar surface area (TPSA) is 83.4 Å². The molecule has 0 radical (unpaired) electrons. The van der Waals surface area contributed by atoms with E-state index in [4.69, 9.17) is 14.7 Å². The van der Waals surface area contributed by atoms with Crippen LogP contribution in [0.15, 0.2) is 24.3 Å². The Kier molecular flexibility index (Phi) is 3.78. The molecule has 21 heavy (non-hydrogen) atoms. The molecule has 0 saturated carbocycles. The maximum absolute atomic E-state index is 12.0. The van der Waals surface area contributed by atoms with Gasteiger partial charge >= 0.3 is 6.03 Å². The molecule has 1 aromatic rings. The number of hydrogen-bond acceptors (Lipinski definition) is 4. The number of ether oxygens (including phenoxy) is 2. The predicted octanol–water partition coefficient (Wildman–Crippen LogP) is 1.42. The van der Waals surface area contributed by atoms with Crippen LogP contribution in [0.5, 0.6) is 0 Å². The van der Waals surface area contributed by atoms with E-state index in [-0.39, 0.29) is 30.2 Å². The summed E-state index contributed by atoms with van der Waals surface area (Å²) in [6.07, 6.45) is -0.475. The van der Waals surface area contributed by atoms with Gasteiger partial charge in [-0.1, -0.05) is 12.1 Å². The summed E-state index contributed by atoms with van der Waals surface area (Å²) >= 11 is 0. The van der Waals surface area contributed by atoms with E-state index < -0.39 is 0 Å². The van der Waals surface area contributed by atoms with Crippen LogP contribution in [0.25, 0.3) is 0 Å². The quantitative estimate of drug-likeness (QED) is 0.861. The molecule has 4 atom stereocenters. The zero-order valence-corrected chi connectivity index (χ0v) is 11.7. The number of nitrogens with zero attached hydrogens (tertiary/aromatic N) is 1. The smallest absolute Gasteiger partial charge is 0.319 e. The minimum absolute atomic E-state index is 0.224. The maximum atomic E-state index is 12.0. The predicted molar refractivity (Wildman–Crippen MR) is 75.7 cm³/mol. The zero-order valence-electron chi connectivity index (χ0n) is 11.7. The second kappa shape index (κ2) is 5.72. The molecule has 0 bridgehead atoms. The highest BCUT2D eigenvalue weighted by atomic mass is 16.6. The summed E-state index contributed by atoms with van der Waals surface area (Å²) in [7, 11) is 0. The van der Waals surface area contributed by atoms with Crippen LogP contribution >= 0.6 is 0 Å². The number of urea groups is 1. The number of hydrogen-bond donors (Lipinski definition) is 2. The average Bonchev–Trinajstić information content (AvgIpc) is 3.01. The van der Waals surface area contributed by atoms with E-state index in [1.165, 1.54) is 0 Å². The molecule has 2 fully saturated rings. The molecule has 3 rings (SSSR count). The summed E-state index contributed by atoms with van der Waals surface area (Å²) < 4.78 is 11.1. The van der Waals surface area contributed by atoms with Crippen molar-refractivity contribution in [2.75, 3.05) is 18.5 Å². The Morgan fingerprint density at radius 2 is 2.14 bits per heavy atom. The minimum Gasteiger partial charge on any atom is -0.372 e. The van der Waals surface area contributed by atoms with Crippen LogP contribution in [0.4, 0.5) is 10.5 Å². The van der Waals surface area contributed by atoms with Crippen LogP contribution < -0.4 is 10.6 Å². The van der Waals surface area contributed by atoms with Crippen molar-refractivity contribution in [3.8, 4) is 6.07 Å². The van der Waals surface area contributed by atoms with Crippen molar-refractivity contribution in [2.24, 2.45) is 5.92 Å². The molecule has 1 aromatic carbocycles. The summed E-state index contributed by atoms with van der Waals surface area (Å²) in [6, 6.07) is 9.24. The van der Waals surface area contributed by atoms with E-state index in [1.54, 1.807) is 0 Å². The highest BCUT2D eigenvalue weighted by Crippen LogP contribution is 2.30. The van der Waals surface area contributed by atoms with E-state index in [2.05, 4.69) is 16.7 Å². The van der Waals surface area contributed by atoms with Crippen LogP contribution in [0, 0.1) is 24.2 Å². The molecule has 0 aliphatic carbocycles. The SMILES string of the molecule is Cc1cccc(NC(=O)NC2CO[C@H]3C2OC[C@@H]3C#N)c1. The normalized spacial score (nSPS) is 30.5. The summed E-state index contributed by atoms with van der Waals surface area (Å²) in [4.78, 5) is 12.0. The van der Waals surface area contributed by atoms with Gasteiger partial charge in [0.15, 0.2) is 0 Å². The lowest BCUT2D eigenvalue weighted by atomic mass is 10.0. The molecule has 2 N–H and O–H groups in total. The molecule has 2 aliphatic heterocycles. The molecular weight excluding hydrogens is 270 g/mol. The molecule has 0 spiro atoms. The molecule has 6 nitrogen and oxygen atoms in total. The lowest BCUT2D eigenvalue weighted by Crippen LogP contribution is -2.45. The van der Waals surface area contributed by atoms with Crippen molar-refractivity contribution in [3.63, 3.8) is 0 Å². The van der Waals surface area contributed by atoms with Crippen LogP contribution in [-0.4, -0.2) is 37.5 Å². The van der Waals surface area contributed by atoms with Crippen LogP contribution in [-0.2, 0) is 9.47 Å². The van der Waals surface area contributed by atoms with Gasteiger partial charge in [0.25, 0.3) is 0 Å². The van der Waals surface area contributed by atoms with Crippen LogP contribution in [0.2, 0.25) is 0 Å². The number of aryl methyl sites for hydroxylation is 1. The standard InChI is InChI=1S/C15H17N3O3/c1-9-3-2-4-11(5-9)17-15(19)18-12-8-21-13-10(6-16)7-20-14(12)13/h2-5,10,12-14H,7-8H2,1H3,(H2,17,18,19)/t10-,12?,13+,14?/m0/s1. The van der Waals surface area contributed by atoms with Gasteiger partial charge in [-0.2, -0.15) is 5.26 Å². The molecule has 2 aliphatic rings. The van der Waals surface area contributed by atoms with E-state index in [9.17, 15) is 4.79 Å². The van der Waals surface area contributed by atoms with Crippen molar-refractivity contribution in [1.29, 1.82) is 5.26 Å². The number of rotatable bonds is 2. The second-order valence-electron chi connectivity index (χ2n) is 5.41. The van der Waals surface area contributed by atoms with Crippen molar-refractivity contribution < 1.29 is 14.3 Å². The Morgan fingerprint density at radius 3 is 2.90 bits per heavy atom. The fourth-order valence-electron chi connectivity index (χ4n) is 2.79. The fraction of sp³-hybridized carbons (Fsp3) is 0.467. The maximum Gasteiger partial charge on any atom is 0.319 e. The Balaban J connectivity index is 1.58. The number of nitriles is 1. The van der Waals surface area contributed by atoms with Gasteiger partial charge in [-0.25, -0.2) is 4.79 Å². The average molecular weight is 287 g/mol. The second-order valence-corrected chi connectivity index (χ2v) is 5.41. The summed E-state index contributed by atoms with van der Waals surface area (Å²) in [5.41, 5.74) is 1.82. The Labute approximate surface area is 123 Å². The Morgan fingerprint density at radius 1 is 1.33 bits per heavy atom. The number of carbonyl (C=O) groups is 1. The molecule has 2 amide bonds. The molecule has 2 unspecified atom stereocenters. The van der Waals surface area contributed by atoms with Gasteiger partial charge in [0.1, 0.15) is 12.2 Å². The number of amides is 2. The first-order valence-electron chi connectivity index (χ1n) is 6.94. The molecular formula is C15H17N3O3. The Bertz CT molecular complexity index is 584. The van der Waals surface area contributed by atoms with Gasteiger partial charge in [-0.05, 0) is 24.6 Å².